The number of hydrogen-bond acceptors (Lipinski definition) is 3. The van der Waals surface area contributed by atoms with Gasteiger partial charge in [-0.25, -0.2) is 0 Å². The van der Waals surface area contributed by atoms with E-state index in [0.717, 1.165) is 12.2 Å². The zero-order valence-electron chi connectivity index (χ0n) is 9.88. The minimum atomic E-state index is -0.336. The van der Waals surface area contributed by atoms with Crippen LogP contribution in [-0.2, 0) is 0 Å². The molecule has 0 atom stereocenters. The fraction of sp³-hybridized carbons (Fsp3) is 0.500. The predicted octanol–water partition coefficient (Wildman–Crippen LogP) is 0.165. The Morgan fingerprint density at radius 3 is 2.82 bits per heavy atom. The molecule has 3 N–H and O–H groups in total. The molecule has 0 saturated heterocycles. The van der Waals surface area contributed by atoms with Crippen LogP contribution in [0.5, 0.6) is 0 Å². The van der Waals surface area contributed by atoms with E-state index in [9.17, 15) is 9.59 Å². The van der Waals surface area contributed by atoms with Crippen molar-refractivity contribution in [2.24, 2.45) is 0 Å². The summed E-state index contributed by atoms with van der Waals surface area (Å²) in [5.74, 6) is -0.316. The molecule has 17 heavy (non-hydrogen) atoms. The molecule has 0 aromatic carbocycles. The maximum absolute atomic E-state index is 11.7. The lowest BCUT2D eigenvalue weighted by Crippen LogP contribution is -2.35. The fourth-order valence-electron chi connectivity index (χ4n) is 1.59. The van der Waals surface area contributed by atoms with Crippen molar-refractivity contribution >= 4 is 5.91 Å². The largest absolute Gasteiger partial charge is 0.351 e. The molecule has 0 spiro atoms. The number of hydrogen-bond donors (Lipinski definition) is 3. The number of nitrogens with one attached hydrogen (secondary N) is 3. The highest BCUT2D eigenvalue weighted by molar-refractivity contribution is 5.93. The second-order valence-electron chi connectivity index (χ2n) is 4.37. The standard InChI is InChI=1S/C12H17N3O2/c1-8-2-5-10(12(17)15-8)11(16)14-7-6-13-9-3-4-9/h2,5,9,13H,3-4,6-7H2,1H3,(H,14,16)(H,15,17). The first-order valence-corrected chi connectivity index (χ1v) is 5.88. The van der Waals surface area contributed by atoms with Gasteiger partial charge in [-0.1, -0.05) is 0 Å². The van der Waals surface area contributed by atoms with Gasteiger partial charge in [0.25, 0.3) is 11.5 Å². The first-order chi connectivity index (χ1) is 8.16. The zero-order valence-corrected chi connectivity index (χ0v) is 9.88. The molecular weight excluding hydrogens is 218 g/mol. The SMILES string of the molecule is Cc1ccc(C(=O)NCCNC2CC2)c(=O)[nH]1. The van der Waals surface area contributed by atoms with E-state index in [1.54, 1.807) is 19.1 Å². The molecule has 1 fully saturated rings. The molecule has 5 nitrogen and oxygen atoms in total. The molecule has 92 valence electrons. The van der Waals surface area contributed by atoms with Crippen molar-refractivity contribution in [3.63, 3.8) is 0 Å². The number of carbonyl (C=O) groups excluding carboxylic acids is 1. The van der Waals surface area contributed by atoms with Crippen LogP contribution in [-0.4, -0.2) is 30.0 Å². The number of rotatable bonds is 5. The Morgan fingerprint density at radius 1 is 1.41 bits per heavy atom. The first-order valence-electron chi connectivity index (χ1n) is 5.88. The molecule has 1 amide bonds. The summed E-state index contributed by atoms with van der Waals surface area (Å²) >= 11 is 0. The summed E-state index contributed by atoms with van der Waals surface area (Å²) in [4.78, 5) is 25.8. The van der Waals surface area contributed by atoms with Gasteiger partial charge in [-0.2, -0.15) is 0 Å². The summed E-state index contributed by atoms with van der Waals surface area (Å²) in [6.07, 6.45) is 2.46. The Bertz CT molecular complexity index is 463. The van der Waals surface area contributed by atoms with E-state index in [4.69, 9.17) is 0 Å². The third kappa shape index (κ3) is 3.42. The molecule has 1 aromatic heterocycles. The molecule has 1 heterocycles. The van der Waals surface area contributed by atoms with Crippen LogP contribution in [0, 0.1) is 6.92 Å². The van der Waals surface area contributed by atoms with Crippen molar-refractivity contribution in [3.05, 3.63) is 33.7 Å². The van der Waals surface area contributed by atoms with Crippen LogP contribution in [0.3, 0.4) is 0 Å². The van der Waals surface area contributed by atoms with E-state index in [1.165, 1.54) is 12.8 Å². The van der Waals surface area contributed by atoms with Crippen LogP contribution in [0.1, 0.15) is 28.9 Å². The average Bonchev–Trinajstić information content (AvgIpc) is 3.08. The number of amides is 1. The van der Waals surface area contributed by atoms with Crippen molar-refractivity contribution in [2.75, 3.05) is 13.1 Å². The number of carbonyl (C=O) groups is 1. The summed E-state index contributed by atoms with van der Waals surface area (Å²) in [6.45, 7) is 3.07. The lowest BCUT2D eigenvalue weighted by Gasteiger charge is -2.05. The normalized spacial score (nSPS) is 14.6. The van der Waals surface area contributed by atoms with Gasteiger partial charge in [0.1, 0.15) is 5.56 Å². The molecule has 5 heteroatoms. The molecule has 2 rings (SSSR count). The Labute approximate surface area is 99.6 Å². The highest BCUT2D eigenvalue weighted by atomic mass is 16.2. The van der Waals surface area contributed by atoms with Gasteiger partial charge in [0.05, 0.1) is 0 Å². The highest BCUT2D eigenvalue weighted by Crippen LogP contribution is 2.17. The molecule has 1 aliphatic rings. The molecule has 0 radical (unpaired) electrons. The van der Waals surface area contributed by atoms with Gasteiger partial charge in [0, 0.05) is 24.8 Å². The fourth-order valence-corrected chi connectivity index (χ4v) is 1.59. The molecular formula is C12H17N3O2. The van der Waals surface area contributed by atoms with Crippen LogP contribution in [0.4, 0.5) is 0 Å². The summed E-state index contributed by atoms with van der Waals surface area (Å²) in [7, 11) is 0. The van der Waals surface area contributed by atoms with Crippen molar-refractivity contribution in [1.29, 1.82) is 0 Å². The Morgan fingerprint density at radius 2 is 2.18 bits per heavy atom. The lowest BCUT2D eigenvalue weighted by molar-refractivity contribution is 0.0952. The maximum Gasteiger partial charge on any atom is 0.260 e. The average molecular weight is 235 g/mol. The van der Waals surface area contributed by atoms with Gasteiger partial charge in [-0.3, -0.25) is 9.59 Å². The van der Waals surface area contributed by atoms with Crippen LogP contribution < -0.4 is 16.2 Å². The van der Waals surface area contributed by atoms with Crippen molar-refractivity contribution in [3.8, 4) is 0 Å². The van der Waals surface area contributed by atoms with Gasteiger partial charge in [0.15, 0.2) is 0 Å². The summed E-state index contributed by atoms with van der Waals surface area (Å²) in [6, 6.07) is 3.91. The highest BCUT2D eigenvalue weighted by Gasteiger charge is 2.19. The Hall–Kier alpha value is -1.62. The van der Waals surface area contributed by atoms with E-state index < -0.39 is 0 Å². The van der Waals surface area contributed by atoms with Gasteiger partial charge < -0.3 is 15.6 Å². The monoisotopic (exact) mass is 235 g/mol. The van der Waals surface area contributed by atoms with E-state index >= 15 is 0 Å². The van der Waals surface area contributed by atoms with Crippen LogP contribution in [0.15, 0.2) is 16.9 Å². The second kappa shape index (κ2) is 5.14. The van der Waals surface area contributed by atoms with Crippen LogP contribution in [0.2, 0.25) is 0 Å². The van der Waals surface area contributed by atoms with E-state index in [-0.39, 0.29) is 17.0 Å². The number of aromatic nitrogens is 1. The number of aromatic amines is 1. The molecule has 1 aliphatic carbocycles. The number of H-pyrrole nitrogens is 1. The third-order valence-corrected chi connectivity index (χ3v) is 2.72. The van der Waals surface area contributed by atoms with Gasteiger partial charge >= 0.3 is 0 Å². The predicted molar refractivity (Wildman–Crippen MR) is 65.2 cm³/mol. The topological polar surface area (TPSA) is 74.0 Å². The smallest absolute Gasteiger partial charge is 0.260 e. The minimum Gasteiger partial charge on any atom is -0.351 e. The molecule has 1 saturated carbocycles. The first kappa shape index (κ1) is 11.9. The van der Waals surface area contributed by atoms with Gasteiger partial charge in [-0.05, 0) is 31.9 Å². The zero-order chi connectivity index (χ0) is 12.3. The van der Waals surface area contributed by atoms with Crippen molar-refractivity contribution in [2.45, 2.75) is 25.8 Å². The van der Waals surface area contributed by atoms with Crippen LogP contribution in [0.25, 0.3) is 0 Å². The van der Waals surface area contributed by atoms with Gasteiger partial charge in [-0.15, -0.1) is 0 Å². The van der Waals surface area contributed by atoms with Crippen molar-refractivity contribution < 1.29 is 4.79 Å². The Kier molecular flexibility index (Phi) is 3.58. The summed E-state index contributed by atoms with van der Waals surface area (Å²) < 4.78 is 0. The number of aryl methyl sites for hydroxylation is 1. The quantitative estimate of drug-likeness (QED) is 0.637. The molecule has 0 unspecified atom stereocenters. The Balaban J connectivity index is 1.83. The van der Waals surface area contributed by atoms with Crippen LogP contribution >= 0.6 is 0 Å². The molecule has 0 aliphatic heterocycles. The maximum atomic E-state index is 11.7. The van der Waals surface area contributed by atoms with Gasteiger partial charge in [0.2, 0.25) is 0 Å². The lowest BCUT2D eigenvalue weighted by atomic mass is 10.2. The van der Waals surface area contributed by atoms with Crippen molar-refractivity contribution in [1.82, 2.24) is 15.6 Å². The third-order valence-electron chi connectivity index (χ3n) is 2.72. The minimum absolute atomic E-state index is 0.169. The second-order valence-corrected chi connectivity index (χ2v) is 4.37. The molecule has 1 aromatic rings. The van der Waals surface area contributed by atoms with E-state index in [0.29, 0.717) is 12.6 Å². The van der Waals surface area contributed by atoms with E-state index in [1.807, 2.05) is 0 Å². The number of pyridine rings is 1. The van der Waals surface area contributed by atoms with E-state index in [2.05, 4.69) is 15.6 Å². The summed E-state index contributed by atoms with van der Waals surface area (Å²) in [5.41, 5.74) is 0.585. The molecule has 0 bridgehead atoms. The summed E-state index contributed by atoms with van der Waals surface area (Å²) in [5, 5.41) is 6.01.